The number of carbonyl (C=O) groups is 2. The minimum Gasteiger partial charge on any atom is -0.461 e. The molecule has 0 bridgehead atoms. The van der Waals surface area contributed by atoms with E-state index in [9.17, 15) is 9.59 Å². The Hall–Kier alpha value is -2.66. The van der Waals surface area contributed by atoms with Crippen molar-refractivity contribution >= 4 is 11.9 Å². The quantitative estimate of drug-likeness (QED) is 0.812. The van der Waals surface area contributed by atoms with Gasteiger partial charge in [0.1, 0.15) is 6.61 Å². The van der Waals surface area contributed by atoms with E-state index in [1.807, 2.05) is 48.5 Å². The number of likely N-dealkylation sites (tertiary alicyclic amines) is 1. The van der Waals surface area contributed by atoms with Crippen molar-refractivity contribution in [2.75, 3.05) is 26.2 Å². The number of piperidine rings is 1. The molecule has 5 heteroatoms. The second-order valence-corrected chi connectivity index (χ2v) is 6.46. The fourth-order valence-electron chi connectivity index (χ4n) is 3.08. The van der Waals surface area contributed by atoms with E-state index in [-0.39, 0.29) is 17.9 Å². The topological polar surface area (TPSA) is 58.6 Å². The van der Waals surface area contributed by atoms with Gasteiger partial charge in [-0.3, -0.25) is 9.69 Å². The molecule has 26 heavy (non-hydrogen) atoms. The minimum atomic E-state index is -0.282. The molecular weight excluding hydrogens is 328 g/mol. The van der Waals surface area contributed by atoms with Crippen molar-refractivity contribution in [3.63, 3.8) is 0 Å². The van der Waals surface area contributed by atoms with Gasteiger partial charge < -0.3 is 10.1 Å². The standard InChI is InChI=1S/C21H24N2O3/c24-20(17-7-3-1-4-8-17)22-19-11-13-23(14-12-19)15-16-26-21(25)18-9-5-2-6-10-18/h1-10,19H,11-16H2,(H,22,24). The van der Waals surface area contributed by atoms with Gasteiger partial charge in [-0.1, -0.05) is 36.4 Å². The van der Waals surface area contributed by atoms with E-state index in [4.69, 9.17) is 4.74 Å². The summed E-state index contributed by atoms with van der Waals surface area (Å²) in [4.78, 5) is 26.4. The zero-order valence-electron chi connectivity index (χ0n) is 14.8. The lowest BCUT2D eigenvalue weighted by molar-refractivity contribution is 0.0443. The number of rotatable bonds is 6. The summed E-state index contributed by atoms with van der Waals surface area (Å²) < 4.78 is 5.33. The lowest BCUT2D eigenvalue weighted by atomic mass is 10.0. The lowest BCUT2D eigenvalue weighted by Gasteiger charge is -2.32. The van der Waals surface area contributed by atoms with Gasteiger partial charge in [-0.2, -0.15) is 0 Å². The highest BCUT2D eigenvalue weighted by Gasteiger charge is 2.21. The van der Waals surface area contributed by atoms with Crippen LogP contribution in [-0.2, 0) is 4.74 Å². The molecule has 0 aromatic heterocycles. The third-order valence-corrected chi connectivity index (χ3v) is 4.61. The summed E-state index contributed by atoms with van der Waals surface area (Å²) in [7, 11) is 0. The van der Waals surface area contributed by atoms with Crippen molar-refractivity contribution in [3.05, 3.63) is 71.8 Å². The summed E-state index contributed by atoms with van der Waals surface area (Å²) in [6.45, 7) is 2.89. The number of ether oxygens (including phenoxy) is 1. The van der Waals surface area contributed by atoms with Crippen molar-refractivity contribution in [1.29, 1.82) is 0 Å². The van der Waals surface area contributed by atoms with Gasteiger partial charge in [-0.25, -0.2) is 4.79 Å². The zero-order valence-corrected chi connectivity index (χ0v) is 14.8. The summed E-state index contributed by atoms with van der Waals surface area (Å²) >= 11 is 0. The van der Waals surface area contributed by atoms with Crippen molar-refractivity contribution in [3.8, 4) is 0 Å². The number of carbonyl (C=O) groups excluding carboxylic acids is 2. The first-order chi connectivity index (χ1) is 12.7. The van der Waals surface area contributed by atoms with Crippen molar-refractivity contribution in [2.45, 2.75) is 18.9 Å². The van der Waals surface area contributed by atoms with Crippen LogP contribution in [0.1, 0.15) is 33.6 Å². The van der Waals surface area contributed by atoms with Gasteiger partial charge in [0.15, 0.2) is 0 Å². The highest BCUT2D eigenvalue weighted by atomic mass is 16.5. The molecule has 1 aliphatic rings. The number of esters is 1. The smallest absolute Gasteiger partial charge is 0.338 e. The first-order valence-electron chi connectivity index (χ1n) is 9.03. The van der Waals surface area contributed by atoms with Crippen LogP contribution in [0, 0.1) is 0 Å². The van der Waals surface area contributed by atoms with Crippen LogP contribution >= 0.6 is 0 Å². The number of hydrogen-bond acceptors (Lipinski definition) is 4. The molecule has 1 N–H and O–H groups in total. The average molecular weight is 352 g/mol. The van der Waals surface area contributed by atoms with E-state index in [1.54, 1.807) is 12.1 Å². The second-order valence-electron chi connectivity index (χ2n) is 6.46. The number of hydrogen-bond donors (Lipinski definition) is 1. The highest BCUT2D eigenvalue weighted by molar-refractivity contribution is 5.94. The van der Waals surface area contributed by atoms with Gasteiger partial charge in [0, 0.05) is 31.2 Å². The molecule has 1 amide bonds. The van der Waals surface area contributed by atoms with E-state index >= 15 is 0 Å². The fourth-order valence-corrected chi connectivity index (χ4v) is 3.08. The molecule has 1 saturated heterocycles. The Morgan fingerprint density at radius 3 is 2.12 bits per heavy atom. The van der Waals surface area contributed by atoms with Crippen LogP contribution in [0.3, 0.4) is 0 Å². The molecule has 0 aliphatic carbocycles. The predicted molar refractivity (Wildman–Crippen MR) is 100 cm³/mol. The zero-order chi connectivity index (χ0) is 18.2. The first-order valence-corrected chi connectivity index (χ1v) is 9.03. The summed E-state index contributed by atoms with van der Waals surface area (Å²) in [6, 6.07) is 18.5. The largest absolute Gasteiger partial charge is 0.461 e. The lowest BCUT2D eigenvalue weighted by Crippen LogP contribution is -2.45. The van der Waals surface area contributed by atoms with Gasteiger partial charge in [-0.05, 0) is 37.1 Å². The fraction of sp³-hybridized carbons (Fsp3) is 0.333. The number of amides is 1. The Labute approximate surface area is 154 Å². The molecule has 0 spiro atoms. The molecule has 2 aromatic rings. The van der Waals surface area contributed by atoms with Gasteiger partial charge in [0.05, 0.1) is 5.56 Å². The molecule has 1 aliphatic heterocycles. The second kappa shape index (κ2) is 9.15. The summed E-state index contributed by atoms with van der Waals surface area (Å²) in [5, 5.41) is 3.10. The molecule has 0 atom stereocenters. The number of nitrogens with zero attached hydrogens (tertiary/aromatic N) is 1. The Balaban J connectivity index is 1.35. The predicted octanol–water partition coefficient (Wildman–Crippen LogP) is 2.74. The van der Waals surface area contributed by atoms with E-state index in [0.717, 1.165) is 32.5 Å². The van der Waals surface area contributed by atoms with Crippen LogP contribution in [0.15, 0.2) is 60.7 Å². The third kappa shape index (κ3) is 5.17. The molecule has 2 aromatic carbocycles. The van der Waals surface area contributed by atoms with E-state index < -0.39 is 0 Å². The van der Waals surface area contributed by atoms with Gasteiger partial charge >= 0.3 is 5.97 Å². The Bertz CT molecular complexity index is 711. The molecule has 0 unspecified atom stereocenters. The first kappa shape index (κ1) is 18.1. The molecule has 0 saturated carbocycles. The Morgan fingerprint density at radius 1 is 0.923 bits per heavy atom. The maximum Gasteiger partial charge on any atom is 0.338 e. The van der Waals surface area contributed by atoms with Gasteiger partial charge in [-0.15, -0.1) is 0 Å². The summed E-state index contributed by atoms with van der Waals surface area (Å²) in [6.07, 6.45) is 1.82. The van der Waals surface area contributed by atoms with Crippen LogP contribution in [0.5, 0.6) is 0 Å². The monoisotopic (exact) mass is 352 g/mol. The third-order valence-electron chi connectivity index (χ3n) is 4.61. The van der Waals surface area contributed by atoms with Crippen LogP contribution in [0.25, 0.3) is 0 Å². The van der Waals surface area contributed by atoms with Crippen LogP contribution < -0.4 is 5.32 Å². The number of nitrogens with one attached hydrogen (secondary N) is 1. The summed E-state index contributed by atoms with van der Waals surface area (Å²) in [5.41, 5.74) is 1.28. The molecule has 3 rings (SSSR count). The molecule has 1 fully saturated rings. The van der Waals surface area contributed by atoms with Gasteiger partial charge in [0.2, 0.25) is 0 Å². The van der Waals surface area contributed by atoms with E-state index in [0.29, 0.717) is 17.7 Å². The van der Waals surface area contributed by atoms with Crippen molar-refractivity contribution < 1.29 is 14.3 Å². The normalized spacial score (nSPS) is 15.4. The molecule has 136 valence electrons. The van der Waals surface area contributed by atoms with Crippen molar-refractivity contribution in [1.82, 2.24) is 10.2 Å². The maximum atomic E-state index is 12.2. The maximum absolute atomic E-state index is 12.2. The molecule has 5 nitrogen and oxygen atoms in total. The highest BCUT2D eigenvalue weighted by Crippen LogP contribution is 2.11. The average Bonchev–Trinajstić information content (AvgIpc) is 2.70. The van der Waals surface area contributed by atoms with E-state index in [1.165, 1.54) is 0 Å². The Kier molecular flexibility index (Phi) is 6.39. The van der Waals surface area contributed by atoms with Crippen molar-refractivity contribution in [2.24, 2.45) is 0 Å². The van der Waals surface area contributed by atoms with Gasteiger partial charge in [0.25, 0.3) is 5.91 Å². The summed E-state index contributed by atoms with van der Waals surface area (Å²) in [5.74, 6) is -0.295. The SMILES string of the molecule is O=C(NC1CCN(CCOC(=O)c2ccccc2)CC1)c1ccccc1. The molecule has 1 heterocycles. The van der Waals surface area contributed by atoms with E-state index in [2.05, 4.69) is 10.2 Å². The van der Waals surface area contributed by atoms with Crippen LogP contribution in [-0.4, -0.2) is 49.1 Å². The number of benzene rings is 2. The Morgan fingerprint density at radius 2 is 1.50 bits per heavy atom. The van der Waals surface area contributed by atoms with Crippen LogP contribution in [0.2, 0.25) is 0 Å². The molecule has 0 radical (unpaired) electrons. The van der Waals surface area contributed by atoms with Crippen LogP contribution in [0.4, 0.5) is 0 Å². The molecular formula is C21H24N2O3. The minimum absolute atomic E-state index is 0.0131.